The molecule has 0 aromatic heterocycles. The number of allylic oxidation sites excluding steroid dienone is 2. The summed E-state index contributed by atoms with van der Waals surface area (Å²) in [5, 5.41) is 2.22. The van der Waals surface area contributed by atoms with Gasteiger partial charge in [-0.25, -0.2) is 0 Å². The molecule has 0 atom stereocenters. The van der Waals surface area contributed by atoms with Gasteiger partial charge >= 0.3 is 0 Å². The molecule has 1 aliphatic heterocycles. The lowest BCUT2D eigenvalue weighted by Crippen LogP contribution is -1.77. The zero-order valence-electron chi connectivity index (χ0n) is 7.87. The van der Waals surface area contributed by atoms with Gasteiger partial charge in [-0.3, -0.25) is 0 Å². The molecule has 66 valence electrons. The van der Waals surface area contributed by atoms with E-state index in [0.717, 1.165) is 0 Å². The predicted molar refractivity (Wildman–Crippen MR) is 59.7 cm³/mol. The summed E-state index contributed by atoms with van der Waals surface area (Å²) in [6, 6.07) is 8.50. The van der Waals surface area contributed by atoms with Gasteiger partial charge in [-0.2, -0.15) is 0 Å². The van der Waals surface area contributed by atoms with Crippen LogP contribution in [-0.2, 0) is 0 Å². The van der Waals surface area contributed by atoms with Gasteiger partial charge < -0.3 is 0 Å². The summed E-state index contributed by atoms with van der Waals surface area (Å²) >= 11 is 1.81. The van der Waals surface area contributed by atoms with E-state index in [1.54, 1.807) is 0 Å². The number of hydrogen-bond donors (Lipinski definition) is 0. The van der Waals surface area contributed by atoms with Crippen LogP contribution in [0.1, 0.15) is 19.4 Å². The van der Waals surface area contributed by atoms with E-state index < -0.39 is 0 Å². The van der Waals surface area contributed by atoms with Crippen LogP contribution in [0.2, 0.25) is 0 Å². The van der Waals surface area contributed by atoms with Gasteiger partial charge in [0.2, 0.25) is 0 Å². The van der Waals surface area contributed by atoms with Crippen LogP contribution in [-0.4, -0.2) is 0 Å². The first-order valence-electron chi connectivity index (χ1n) is 4.38. The maximum atomic E-state index is 2.25. The van der Waals surface area contributed by atoms with Crippen LogP contribution in [0.5, 0.6) is 0 Å². The van der Waals surface area contributed by atoms with Gasteiger partial charge in [0.1, 0.15) is 0 Å². The molecule has 1 heterocycles. The molecule has 1 heteroatoms. The van der Waals surface area contributed by atoms with Crippen LogP contribution in [0.3, 0.4) is 0 Å². The molecule has 2 rings (SSSR count). The highest BCUT2D eigenvalue weighted by Gasteiger charge is 2.04. The summed E-state index contributed by atoms with van der Waals surface area (Å²) < 4.78 is 0. The van der Waals surface area contributed by atoms with Crippen molar-refractivity contribution in [2.24, 2.45) is 0 Å². The van der Waals surface area contributed by atoms with Crippen molar-refractivity contribution >= 4 is 17.8 Å². The smallest absolute Gasteiger partial charge is 0.0188 e. The molecule has 0 amide bonds. The Bertz CT molecular complexity index is 386. The second-order valence-electron chi connectivity index (χ2n) is 3.28. The second kappa shape index (κ2) is 3.43. The molecule has 13 heavy (non-hydrogen) atoms. The molecule has 0 unspecified atom stereocenters. The quantitative estimate of drug-likeness (QED) is 0.590. The summed E-state index contributed by atoms with van der Waals surface area (Å²) in [5.74, 6) is 0. The van der Waals surface area contributed by atoms with Gasteiger partial charge in [-0.1, -0.05) is 36.0 Å². The minimum Gasteiger partial charge on any atom is -0.0972 e. The Hall–Kier alpha value is -0.950. The van der Waals surface area contributed by atoms with E-state index in [0.29, 0.717) is 0 Å². The highest BCUT2D eigenvalue weighted by molar-refractivity contribution is 8.02. The van der Waals surface area contributed by atoms with E-state index in [1.165, 1.54) is 21.6 Å². The third-order valence-corrected chi connectivity index (χ3v) is 3.37. The molecule has 0 radical (unpaired) electrons. The van der Waals surface area contributed by atoms with Crippen LogP contribution in [0, 0.1) is 0 Å². The first-order valence-corrected chi connectivity index (χ1v) is 5.26. The molecule has 0 fully saturated rings. The molecule has 0 bridgehead atoms. The molecule has 0 spiro atoms. The van der Waals surface area contributed by atoms with Crippen LogP contribution in [0.25, 0.3) is 6.08 Å². The molecule has 1 aromatic carbocycles. The van der Waals surface area contributed by atoms with Crippen molar-refractivity contribution in [3.63, 3.8) is 0 Å². The van der Waals surface area contributed by atoms with Crippen molar-refractivity contribution in [3.05, 3.63) is 46.4 Å². The Morgan fingerprint density at radius 2 is 1.77 bits per heavy atom. The molecular formula is C12H12S. The average molecular weight is 188 g/mol. The summed E-state index contributed by atoms with van der Waals surface area (Å²) in [6.45, 7) is 4.32. The fourth-order valence-corrected chi connectivity index (χ4v) is 2.21. The fraction of sp³-hybridized carbons (Fsp3) is 0.167. The first-order chi connectivity index (χ1) is 6.27. The van der Waals surface area contributed by atoms with Crippen molar-refractivity contribution < 1.29 is 0 Å². The summed E-state index contributed by atoms with van der Waals surface area (Å²) in [7, 11) is 0. The Kier molecular flexibility index (Phi) is 2.28. The minimum atomic E-state index is 1.33. The molecule has 0 N–H and O–H groups in total. The van der Waals surface area contributed by atoms with Gasteiger partial charge in [0.05, 0.1) is 0 Å². The van der Waals surface area contributed by atoms with Gasteiger partial charge in [-0.05, 0) is 42.0 Å². The summed E-state index contributed by atoms with van der Waals surface area (Å²) in [6.07, 6.45) is 2.25. The minimum absolute atomic E-state index is 1.33. The highest BCUT2D eigenvalue weighted by Crippen LogP contribution is 2.31. The van der Waals surface area contributed by atoms with Crippen LogP contribution in [0.15, 0.2) is 45.7 Å². The van der Waals surface area contributed by atoms with E-state index >= 15 is 0 Å². The first kappa shape index (κ1) is 8.64. The van der Waals surface area contributed by atoms with Gasteiger partial charge in [0.15, 0.2) is 0 Å². The number of rotatable bonds is 0. The topological polar surface area (TPSA) is 0 Å². The average Bonchev–Trinajstić information content (AvgIpc) is 2.28. The normalized spacial score (nSPS) is 15.5. The number of fused-ring (bicyclic) bond motifs is 1. The van der Waals surface area contributed by atoms with E-state index in [1.807, 2.05) is 11.8 Å². The van der Waals surface area contributed by atoms with E-state index in [2.05, 4.69) is 49.6 Å². The monoisotopic (exact) mass is 188 g/mol. The van der Waals surface area contributed by atoms with Crippen molar-refractivity contribution in [1.82, 2.24) is 0 Å². The van der Waals surface area contributed by atoms with Crippen LogP contribution >= 0.6 is 11.8 Å². The summed E-state index contributed by atoms with van der Waals surface area (Å²) in [4.78, 5) is 1.35. The molecule has 0 nitrogen and oxygen atoms in total. The lowest BCUT2D eigenvalue weighted by atomic mass is 10.1. The lowest BCUT2D eigenvalue weighted by molar-refractivity contribution is 1.37. The zero-order valence-corrected chi connectivity index (χ0v) is 8.69. The maximum Gasteiger partial charge on any atom is 0.0188 e. The SMILES string of the molecule is CC1=CSc2ccccc2C=C1C. The van der Waals surface area contributed by atoms with Gasteiger partial charge in [0, 0.05) is 4.90 Å². The Balaban J connectivity index is 2.54. The fourth-order valence-electron chi connectivity index (χ4n) is 1.30. The Morgan fingerprint density at radius 3 is 2.62 bits per heavy atom. The number of hydrogen-bond acceptors (Lipinski definition) is 1. The zero-order chi connectivity index (χ0) is 9.26. The number of thioether (sulfide) groups is 1. The Labute approximate surface area is 83.4 Å². The maximum absolute atomic E-state index is 2.25. The second-order valence-corrected chi connectivity index (χ2v) is 4.20. The van der Waals surface area contributed by atoms with E-state index in [-0.39, 0.29) is 0 Å². The van der Waals surface area contributed by atoms with Crippen molar-refractivity contribution in [1.29, 1.82) is 0 Å². The Morgan fingerprint density at radius 1 is 1.00 bits per heavy atom. The number of benzene rings is 1. The third kappa shape index (κ3) is 1.70. The molecule has 1 aliphatic rings. The molecule has 0 saturated carbocycles. The molecular weight excluding hydrogens is 176 g/mol. The largest absolute Gasteiger partial charge is 0.0972 e. The predicted octanol–water partition coefficient (Wildman–Crippen LogP) is 4.10. The standard InChI is InChI=1S/C12H12S/c1-9-7-11-5-3-4-6-12(11)13-8-10(9)2/h3-8H,1-2H3. The molecule has 0 saturated heterocycles. The van der Waals surface area contributed by atoms with Crippen molar-refractivity contribution in [3.8, 4) is 0 Å². The van der Waals surface area contributed by atoms with Crippen molar-refractivity contribution in [2.75, 3.05) is 0 Å². The van der Waals surface area contributed by atoms with E-state index in [9.17, 15) is 0 Å². The van der Waals surface area contributed by atoms with Gasteiger partial charge in [-0.15, -0.1) is 0 Å². The van der Waals surface area contributed by atoms with Crippen LogP contribution in [0.4, 0.5) is 0 Å². The lowest BCUT2D eigenvalue weighted by Gasteiger charge is -1.99. The van der Waals surface area contributed by atoms with Gasteiger partial charge in [0.25, 0.3) is 0 Å². The highest BCUT2D eigenvalue weighted by atomic mass is 32.2. The molecule has 0 aliphatic carbocycles. The summed E-state index contributed by atoms with van der Waals surface area (Å²) in [5.41, 5.74) is 4.05. The van der Waals surface area contributed by atoms with E-state index in [4.69, 9.17) is 0 Å². The van der Waals surface area contributed by atoms with Crippen LogP contribution < -0.4 is 0 Å². The molecule has 1 aromatic rings. The van der Waals surface area contributed by atoms with Crippen molar-refractivity contribution in [2.45, 2.75) is 18.7 Å². The third-order valence-electron chi connectivity index (χ3n) is 2.28.